The first-order valence-electron chi connectivity index (χ1n) is 8.49. The number of H-pyrrole nitrogens is 1. The topological polar surface area (TPSA) is 22.3 Å². The number of aryl methyl sites for hydroxylation is 1. The van der Waals surface area contributed by atoms with E-state index in [2.05, 4.69) is 46.1 Å². The van der Waals surface area contributed by atoms with E-state index in [9.17, 15) is 4.39 Å². The van der Waals surface area contributed by atoms with Crippen molar-refractivity contribution in [2.75, 3.05) is 31.1 Å². The number of anilines is 1. The van der Waals surface area contributed by atoms with Gasteiger partial charge in [-0.05, 0) is 42.3 Å². The number of aromatic amines is 1. The van der Waals surface area contributed by atoms with Crippen LogP contribution in [0.15, 0.2) is 48.7 Å². The fourth-order valence-electron chi connectivity index (χ4n) is 3.55. The van der Waals surface area contributed by atoms with Crippen LogP contribution < -0.4 is 4.90 Å². The van der Waals surface area contributed by atoms with Crippen LogP contribution in [0.25, 0.3) is 10.9 Å². The van der Waals surface area contributed by atoms with Gasteiger partial charge in [0.25, 0.3) is 0 Å². The van der Waals surface area contributed by atoms with Crippen molar-refractivity contribution < 1.29 is 4.39 Å². The fourth-order valence-corrected chi connectivity index (χ4v) is 3.55. The van der Waals surface area contributed by atoms with Gasteiger partial charge < -0.3 is 9.88 Å². The van der Waals surface area contributed by atoms with E-state index < -0.39 is 0 Å². The van der Waals surface area contributed by atoms with Crippen LogP contribution in [0.2, 0.25) is 0 Å². The number of benzene rings is 2. The first-order valence-corrected chi connectivity index (χ1v) is 8.49. The van der Waals surface area contributed by atoms with Gasteiger partial charge in [0.15, 0.2) is 0 Å². The zero-order chi connectivity index (χ0) is 16.5. The number of halogens is 1. The molecule has 0 bridgehead atoms. The van der Waals surface area contributed by atoms with Crippen LogP contribution in [0.5, 0.6) is 0 Å². The van der Waals surface area contributed by atoms with Crippen molar-refractivity contribution in [1.82, 2.24) is 9.88 Å². The smallest absolute Gasteiger partial charge is 0.123 e. The van der Waals surface area contributed by atoms with Crippen molar-refractivity contribution >= 4 is 16.6 Å². The summed E-state index contributed by atoms with van der Waals surface area (Å²) in [6.07, 6.45) is 2.14. The van der Waals surface area contributed by atoms with E-state index in [4.69, 9.17) is 0 Å². The second kappa shape index (κ2) is 6.29. The minimum absolute atomic E-state index is 0.174. The number of hydrogen-bond donors (Lipinski definition) is 1. The molecule has 24 heavy (non-hydrogen) atoms. The molecule has 0 amide bonds. The lowest BCUT2D eigenvalue weighted by molar-refractivity contribution is 0.250. The normalized spacial score (nSPS) is 16.0. The lowest BCUT2D eigenvalue weighted by Crippen LogP contribution is -2.45. The number of piperazine rings is 1. The van der Waals surface area contributed by atoms with Gasteiger partial charge in [0.05, 0.1) is 0 Å². The molecule has 0 atom stereocenters. The number of hydrogen-bond acceptors (Lipinski definition) is 2. The third-order valence-electron chi connectivity index (χ3n) is 4.97. The highest BCUT2D eigenvalue weighted by Crippen LogP contribution is 2.23. The Morgan fingerprint density at radius 1 is 1.00 bits per heavy atom. The molecule has 1 fully saturated rings. The molecule has 0 spiro atoms. The van der Waals surface area contributed by atoms with E-state index >= 15 is 0 Å². The summed E-state index contributed by atoms with van der Waals surface area (Å²) in [5, 5.41) is 1.33. The Hall–Kier alpha value is -2.33. The van der Waals surface area contributed by atoms with Gasteiger partial charge in [-0.15, -0.1) is 0 Å². The average Bonchev–Trinajstić information content (AvgIpc) is 3.01. The third kappa shape index (κ3) is 2.89. The Morgan fingerprint density at radius 2 is 1.75 bits per heavy atom. The molecule has 4 heteroatoms. The molecular formula is C20H22FN3. The van der Waals surface area contributed by atoms with E-state index in [1.807, 2.05) is 12.1 Å². The summed E-state index contributed by atoms with van der Waals surface area (Å²) in [5.41, 5.74) is 5.01. The molecule has 3 nitrogen and oxygen atoms in total. The van der Waals surface area contributed by atoms with Gasteiger partial charge in [0.2, 0.25) is 0 Å². The first kappa shape index (κ1) is 15.2. The summed E-state index contributed by atoms with van der Waals surface area (Å²) in [6, 6.07) is 13.3. The lowest BCUT2D eigenvalue weighted by Gasteiger charge is -2.36. The van der Waals surface area contributed by atoms with E-state index in [0.717, 1.165) is 38.4 Å². The predicted molar refractivity (Wildman–Crippen MR) is 96.9 cm³/mol. The summed E-state index contributed by atoms with van der Waals surface area (Å²) in [5.74, 6) is -0.174. The molecule has 0 aliphatic carbocycles. The number of rotatable bonds is 3. The summed E-state index contributed by atoms with van der Waals surface area (Å²) < 4.78 is 13.1. The Labute approximate surface area is 141 Å². The van der Waals surface area contributed by atoms with Gasteiger partial charge in [0.1, 0.15) is 5.82 Å². The number of fused-ring (bicyclic) bond motifs is 1. The van der Waals surface area contributed by atoms with Crippen LogP contribution in [0.1, 0.15) is 11.1 Å². The van der Waals surface area contributed by atoms with Crippen molar-refractivity contribution in [3.8, 4) is 0 Å². The standard InChI is InChI=1S/C20H22FN3/c1-15-3-2-4-19-16(13-22-20(15)19)14-23-9-11-24(12-10-23)18-7-5-17(21)6-8-18/h2-8,13,22H,9-12,14H2,1H3. The SMILES string of the molecule is Cc1cccc2c(CN3CCN(c4ccc(F)cc4)CC3)c[nH]c12. The average molecular weight is 323 g/mol. The molecule has 4 rings (SSSR count). The van der Waals surface area contributed by atoms with Crippen LogP contribution in [0, 0.1) is 12.7 Å². The Bertz CT molecular complexity index is 830. The van der Waals surface area contributed by atoms with Crippen LogP contribution in [0.3, 0.4) is 0 Å². The van der Waals surface area contributed by atoms with Gasteiger partial charge in [-0.3, -0.25) is 4.90 Å². The van der Waals surface area contributed by atoms with E-state index in [1.165, 1.54) is 34.2 Å². The Kier molecular flexibility index (Phi) is 3.98. The second-order valence-corrected chi connectivity index (χ2v) is 6.55. The molecule has 0 radical (unpaired) electrons. The molecule has 3 aromatic rings. The molecule has 0 saturated carbocycles. The van der Waals surface area contributed by atoms with E-state index in [-0.39, 0.29) is 5.82 Å². The number of para-hydroxylation sites is 1. The highest BCUT2D eigenvalue weighted by molar-refractivity contribution is 5.85. The molecule has 1 N–H and O–H groups in total. The maximum absolute atomic E-state index is 13.1. The molecular weight excluding hydrogens is 301 g/mol. The molecule has 2 heterocycles. The highest BCUT2D eigenvalue weighted by Gasteiger charge is 2.18. The molecule has 2 aromatic carbocycles. The van der Waals surface area contributed by atoms with Crippen LogP contribution >= 0.6 is 0 Å². The number of aromatic nitrogens is 1. The summed E-state index contributed by atoms with van der Waals surface area (Å²) in [4.78, 5) is 8.23. The molecule has 0 unspecified atom stereocenters. The minimum atomic E-state index is -0.174. The Morgan fingerprint density at radius 3 is 2.50 bits per heavy atom. The monoisotopic (exact) mass is 323 g/mol. The van der Waals surface area contributed by atoms with Gasteiger partial charge in [-0.2, -0.15) is 0 Å². The maximum atomic E-state index is 13.1. The second-order valence-electron chi connectivity index (χ2n) is 6.55. The van der Waals surface area contributed by atoms with Crippen LogP contribution in [0.4, 0.5) is 10.1 Å². The molecule has 1 aliphatic heterocycles. The van der Waals surface area contributed by atoms with E-state index in [0.29, 0.717) is 0 Å². The lowest BCUT2D eigenvalue weighted by atomic mass is 10.1. The van der Waals surface area contributed by atoms with Crippen molar-refractivity contribution in [3.05, 3.63) is 65.6 Å². The van der Waals surface area contributed by atoms with Gasteiger partial charge >= 0.3 is 0 Å². The van der Waals surface area contributed by atoms with Crippen LogP contribution in [-0.4, -0.2) is 36.1 Å². The largest absolute Gasteiger partial charge is 0.369 e. The fraction of sp³-hybridized carbons (Fsp3) is 0.300. The van der Waals surface area contributed by atoms with Gasteiger partial charge in [0, 0.05) is 55.5 Å². The number of nitrogens with one attached hydrogen (secondary N) is 1. The van der Waals surface area contributed by atoms with Gasteiger partial charge in [-0.25, -0.2) is 4.39 Å². The zero-order valence-corrected chi connectivity index (χ0v) is 13.9. The predicted octanol–water partition coefficient (Wildman–Crippen LogP) is 3.94. The molecule has 124 valence electrons. The van der Waals surface area contributed by atoms with Crippen molar-refractivity contribution in [1.29, 1.82) is 0 Å². The summed E-state index contributed by atoms with van der Waals surface area (Å²) in [7, 11) is 0. The number of nitrogens with zero attached hydrogens (tertiary/aromatic N) is 2. The first-order chi connectivity index (χ1) is 11.7. The summed E-state index contributed by atoms with van der Waals surface area (Å²) >= 11 is 0. The van der Waals surface area contributed by atoms with Gasteiger partial charge in [-0.1, -0.05) is 18.2 Å². The summed E-state index contributed by atoms with van der Waals surface area (Å²) in [6.45, 7) is 7.12. The highest BCUT2D eigenvalue weighted by atomic mass is 19.1. The maximum Gasteiger partial charge on any atom is 0.123 e. The Balaban J connectivity index is 1.42. The molecule has 1 aliphatic rings. The quantitative estimate of drug-likeness (QED) is 0.789. The molecule has 1 aromatic heterocycles. The van der Waals surface area contributed by atoms with Crippen LogP contribution in [-0.2, 0) is 6.54 Å². The van der Waals surface area contributed by atoms with E-state index in [1.54, 1.807) is 0 Å². The molecule has 1 saturated heterocycles. The van der Waals surface area contributed by atoms with Crippen molar-refractivity contribution in [2.45, 2.75) is 13.5 Å². The zero-order valence-electron chi connectivity index (χ0n) is 13.9. The van der Waals surface area contributed by atoms with Crippen molar-refractivity contribution in [2.24, 2.45) is 0 Å². The van der Waals surface area contributed by atoms with Crippen molar-refractivity contribution in [3.63, 3.8) is 0 Å². The third-order valence-corrected chi connectivity index (χ3v) is 4.97. The minimum Gasteiger partial charge on any atom is -0.369 e.